The van der Waals surface area contributed by atoms with E-state index in [0.29, 0.717) is 18.8 Å². The number of hydrogen-bond acceptors (Lipinski definition) is 5. The second-order valence-corrected chi connectivity index (χ2v) is 4.44. The van der Waals surface area contributed by atoms with Crippen LogP contribution in [-0.4, -0.2) is 40.1 Å². The van der Waals surface area contributed by atoms with Crippen LogP contribution in [0.2, 0.25) is 0 Å². The number of nitrogens with zero attached hydrogens (tertiary/aromatic N) is 2. The highest BCUT2D eigenvalue weighted by Gasteiger charge is 2.26. The zero-order valence-corrected chi connectivity index (χ0v) is 9.83. The molecular formula is C11H15N3O4. The predicted molar refractivity (Wildman–Crippen MR) is 60.7 cm³/mol. The molecule has 0 spiro atoms. The molecule has 1 fully saturated rings. The van der Waals surface area contributed by atoms with E-state index in [1.54, 1.807) is 0 Å². The Balaban J connectivity index is 2.02. The van der Waals surface area contributed by atoms with Crippen LogP contribution in [0.4, 0.5) is 0 Å². The van der Waals surface area contributed by atoms with Crippen molar-refractivity contribution in [1.29, 1.82) is 0 Å². The van der Waals surface area contributed by atoms with Crippen molar-refractivity contribution >= 4 is 11.9 Å². The van der Waals surface area contributed by atoms with Crippen LogP contribution < -0.4 is 5.73 Å². The van der Waals surface area contributed by atoms with E-state index in [9.17, 15) is 9.59 Å². The maximum Gasteiger partial charge on any atom is 0.341 e. The molecule has 1 aromatic rings. The molecule has 1 atom stereocenters. The molecule has 1 aliphatic heterocycles. The summed E-state index contributed by atoms with van der Waals surface area (Å²) >= 11 is 0. The second-order valence-electron chi connectivity index (χ2n) is 4.44. The number of piperidine rings is 1. The predicted octanol–water partition coefficient (Wildman–Crippen LogP) is 0.0701. The largest absolute Gasteiger partial charge is 0.478 e. The van der Waals surface area contributed by atoms with Gasteiger partial charge in [-0.25, -0.2) is 4.79 Å². The molecule has 3 N–H and O–H groups in total. The lowest BCUT2D eigenvalue weighted by Gasteiger charge is -2.30. The van der Waals surface area contributed by atoms with Crippen molar-refractivity contribution in [2.45, 2.75) is 19.4 Å². The van der Waals surface area contributed by atoms with Gasteiger partial charge in [0.1, 0.15) is 5.56 Å². The molecular weight excluding hydrogens is 238 g/mol. The number of carboxylic acids is 1. The number of nitrogens with two attached hydrogens (primary N) is 1. The Labute approximate surface area is 104 Å². The summed E-state index contributed by atoms with van der Waals surface area (Å²) in [6.07, 6.45) is 2.84. The lowest BCUT2D eigenvalue weighted by atomic mass is 9.97. The smallest absolute Gasteiger partial charge is 0.341 e. The maximum absolute atomic E-state index is 11.1. The third-order valence-corrected chi connectivity index (χ3v) is 3.15. The molecule has 1 aromatic heterocycles. The van der Waals surface area contributed by atoms with E-state index in [2.05, 4.69) is 5.16 Å². The Bertz CT molecular complexity index is 457. The fourth-order valence-corrected chi connectivity index (χ4v) is 2.19. The Kier molecular flexibility index (Phi) is 3.61. The van der Waals surface area contributed by atoms with Crippen molar-refractivity contribution in [3.05, 3.63) is 17.5 Å². The van der Waals surface area contributed by atoms with Crippen molar-refractivity contribution in [3.63, 3.8) is 0 Å². The molecule has 7 heteroatoms. The van der Waals surface area contributed by atoms with Gasteiger partial charge in [-0.2, -0.15) is 0 Å². The monoisotopic (exact) mass is 253 g/mol. The Morgan fingerprint density at radius 2 is 2.39 bits per heavy atom. The minimum Gasteiger partial charge on any atom is -0.478 e. The van der Waals surface area contributed by atoms with E-state index in [1.807, 2.05) is 4.90 Å². The topological polar surface area (TPSA) is 110 Å². The molecule has 1 saturated heterocycles. The SMILES string of the molecule is NC(=O)C1CCCN(Cc2oncc2C(=O)O)C1. The summed E-state index contributed by atoms with van der Waals surface area (Å²) in [5.74, 6) is -1.23. The van der Waals surface area contributed by atoms with Gasteiger partial charge in [-0.15, -0.1) is 0 Å². The molecule has 0 radical (unpaired) electrons. The molecule has 0 saturated carbocycles. The fourth-order valence-electron chi connectivity index (χ4n) is 2.19. The highest BCUT2D eigenvalue weighted by atomic mass is 16.5. The van der Waals surface area contributed by atoms with Gasteiger partial charge in [0, 0.05) is 6.54 Å². The Morgan fingerprint density at radius 3 is 3.06 bits per heavy atom. The number of amides is 1. The maximum atomic E-state index is 11.1. The molecule has 7 nitrogen and oxygen atoms in total. The second kappa shape index (κ2) is 5.18. The number of carbonyl (C=O) groups is 2. The van der Waals surface area contributed by atoms with Crippen molar-refractivity contribution in [3.8, 4) is 0 Å². The fraction of sp³-hybridized carbons (Fsp3) is 0.545. The normalized spacial score (nSPS) is 20.8. The molecule has 1 aliphatic rings. The molecule has 1 amide bonds. The molecule has 0 aliphatic carbocycles. The van der Waals surface area contributed by atoms with Crippen LogP contribution in [0, 0.1) is 5.92 Å². The third kappa shape index (κ3) is 2.67. The van der Waals surface area contributed by atoms with E-state index in [-0.39, 0.29) is 17.4 Å². The van der Waals surface area contributed by atoms with Gasteiger partial charge in [0.15, 0.2) is 5.76 Å². The number of hydrogen-bond donors (Lipinski definition) is 2. The van der Waals surface area contributed by atoms with Crippen LogP contribution in [0.15, 0.2) is 10.7 Å². The lowest BCUT2D eigenvalue weighted by Crippen LogP contribution is -2.40. The van der Waals surface area contributed by atoms with Gasteiger partial charge in [0.05, 0.1) is 18.7 Å². The van der Waals surface area contributed by atoms with Crippen LogP contribution in [0.1, 0.15) is 29.0 Å². The highest BCUT2D eigenvalue weighted by Crippen LogP contribution is 2.19. The van der Waals surface area contributed by atoms with Gasteiger partial charge in [0.2, 0.25) is 5.91 Å². The number of aromatic carboxylic acids is 1. The van der Waals surface area contributed by atoms with Crippen LogP contribution in [0.25, 0.3) is 0 Å². The van der Waals surface area contributed by atoms with Crippen LogP contribution in [0.3, 0.4) is 0 Å². The summed E-state index contributed by atoms with van der Waals surface area (Å²) in [4.78, 5) is 24.0. The number of rotatable bonds is 4. The third-order valence-electron chi connectivity index (χ3n) is 3.15. The molecule has 1 unspecified atom stereocenters. The summed E-state index contributed by atoms with van der Waals surface area (Å²) < 4.78 is 4.94. The van der Waals surface area contributed by atoms with Crippen LogP contribution in [-0.2, 0) is 11.3 Å². The average molecular weight is 253 g/mol. The first-order valence-corrected chi connectivity index (χ1v) is 5.76. The molecule has 2 heterocycles. The van der Waals surface area contributed by atoms with Gasteiger partial charge >= 0.3 is 5.97 Å². The van der Waals surface area contributed by atoms with Crippen molar-refractivity contribution in [1.82, 2.24) is 10.1 Å². The van der Waals surface area contributed by atoms with E-state index in [0.717, 1.165) is 19.4 Å². The van der Waals surface area contributed by atoms with Crippen LogP contribution in [0.5, 0.6) is 0 Å². The minimum absolute atomic E-state index is 0.0659. The van der Waals surface area contributed by atoms with E-state index >= 15 is 0 Å². The zero-order valence-electron chi connectivity index (χ0n) is 9.83. The van der Waals surface area contributed by atoms with Gasteiger partial charge in [-0.05, 0) is 19.4 Å². The summed E-state index contributed by atoms with van der Waals surface area (Å²) in [5.41, 5.74) is 5.35. The highest BCUT2D eigenvalue weighted by molar-refractivity contribution is 5.88. The molecule has 2 rings (SSSR count). The number of likely N-dealkylation sites (tertiary alicyclic amines) is 1. The zero-order chi connectivity index (χ0) is 13.1. The van der Waals surface area contributed by atoms with E-state index in [4.69, 9.17) is 15.4 Å². The quantitative estimate of drug-likeness (QED) is 0.785. The number of carbonyl (C=O) groups excluding carboxylic acids is 1. The molecule has 18 heavy (non-hydrogen) atoms. The van der Waals surface area contributed by atoms with Crippen LogP contribution >= 0.6 is 0 Å². The minimum atomic E-state index is -1.06. The van der Waals surface area contributed by atoms with Gasteiger partial charge in [-0.3, -0.25) is 9.69 Å². The average Bonchev–Trinajstić information content (AvgIpc) is 2.77. The van der Waals surface area contributed by atoms with Gasteiger partial charge in [-0.1, -0.05) is 5.16 Å². The summed E-state index contributed by atoms with van der Waals surface area (Å²) in [7, 11) is 0. The molecule has 0 bridgehead atoms. The van der Waals surface area contributed by atoms with Gasteiger partial charge in [0.25, 0.3) is 0 Å². The first-order valence-electron chi connectivity index (χ1n) is 5.76. The molecule has 98 valence electrons. The lowest BCUT2D eigenvalue weighted by molar-refractivity contribution is -0.123. The van der Waals surface area contributed by atoms with Crippen molar-refractivity contribution in [2.24, 2.45) is 11.7 Å². The number of aromatic nitrogens is 1. The summed E-state index contributed by atoms with van der Waals surface area (Å²) in [5, 5.41) is 12.4. The number of primary amides is 1. The standard InChI is InChI=1S/C11H15N3O4/c12-10(15)7-2-1-3-14(5-7)6-9-8(11(16)17)4-13-18-9/h4,7H,1-3,5-6H2,(H2,12,15)(H,16,17). The first-order chi connectivity index (χ1) is 8.58. The Morgan fingerprint density at radius 1 is 1.61 bits per heavy atom. The van der Waals surface area contributed by atoms with E-state index < -0.39 is 5.97 Å². The van der Waals surface area contributed by atoms with Crippen molar-refractivity contribution < 1.29 is 19.2 Å². The van der Waals surface area contributed by atoms with Crippen molar-refractivity contribution in [2.75, 3.05) is 13.1 Å². The summed E-state index contributed by atoms with van der Waals surface area (Å²) in [6, 6.07) is 0. The molecule has 0 aromatic carbocycles. The van der Waals surface area contributed by atoms with Gasteiger partial charge < -0.3 is 15.4 Å². The first kappa shape index (κ1) is 12.6. The summed E-state index contributed by atoms with van der Waals surface area (Å²) in [6.45, 7) is 1.67. The number of carboxylic acid groups (broad SMARTS) is 1. The Hall–Kier alpha value is -1.89. The van der Waals surface area contributed by atoms with E-state index in [1.165, 1.54) is 6.20 Å².